The summed E-state index contributed by atoms with van der Waals surface area (Å²) in [6.07, 6.45) is -0.877. The molecule has 4 nitrogen and oxygen atoms in total. The third-order valence-electron chi connectivity index (χ3n) is 2.28. The predicted molar refractivity (Wildman–Crippen MR) is 65.3 cm³/mol. The van der Waals surface area contributed by atoms with E-state index in [0.717, 1.165) is 10.9 Å². The molecular formula is C12H12ClNO3. The maximum absolute atomic E-state index is 9.16. The largest absolute Gasteiger partial charge is 0.491 e. The van der Waals surface area contributed by atoms with Crippen LogP contribution in [0, 0.1) is 0 Å². The molecule has 1 aromatic heterocycles. The zero-order valence-corrected chi connectivity index (χ0v) is 9.76. The number of fused-ring (bicyclic) bond motifs is 1. The molecule has 17 heavy (non-hydrogen) atoms. The predicted octanol–water partition coefficient (Wildman–Crippen LogP) is 1.62. The Labute approximate surface area is 103 Å². The number of pyridine rings is 1. The highest BCUT2D eigenvalue weighted by atomic mass is 35.5. The summed E-state index contributed by atoms with van der Waals surface area (Å²) in [7, 11) is 0. The molecular weight excluding hydrogens is 242 g/mol. The Hall–Kier alpha value is -1.36. The van der Waals surface area contributed by atoms with Gasteiger partial charge in [-0.25, -0.2) is 4.98 Å². The van der Waals surface area contributed by atoms with Crippen LogP contribution < -0.4 is 4.74 Å². The Bertz CT molecular complexity index is 518. The van der Waals surface area contributed by atoms with E-state index in [2.05, 4.69) is 4.98 Å². The summed E-state index contributed by atoms with van der Waals surface area (Å²) in [5.74, 6) is 0.583. The lowest BCUT2D eigenvalue weighted by atomic mass is 10.2. The average molecular weight is 254 g/mol. The average Bonchev–Trinajstić information content (AvgIpc) is 2.35. The van der Waals surface area contributed by atoms with E-state index in [-0.39, 0.29) is 13.2 Å². The Morgan fingerprint density at radius 1 is 1.29 bits per heavy atom. The van der Waals surface area contributed by atoms with Crippen LogP contribution in [0.4, 0.5) is 0 Å². The molecule has 0 aliphatic rings. The second-order valence-electron chi connectivity index (χ2n) is 3.64. The Kier molecular flexibility index (Phi) is 3.78. The van der Waals surface area contributed by atoms with Gasteiger partial charge in [-0.05, 0) is 24.3 Å². The molecule has 90 valence electrons. The molecule has 1 heterocycles. The van der Waals surface area contributed by atoms with Gasteiger partial charge in [0.25, 0.3) is 0 Å². The number of benzene rings is 1. The van der Waals surface area contributed by atoms with Crippen LogP contribution in [0.5, 0.6) is 5.75 Å². The van der Waals surface area contributed by atoms with E-state index in [9.17, 15) is 0 Å². The van der Waals surface area contributed by atoms with Gasteiger partial charge in [0.2, 0.25) is 0 Å². The zero-order valence-electron chi connectivity index (χ0n) is 9.01. The van der Waals surface area contributed by atoms with Crippen molar-refractivity contribution in [2.24, 2.45) is 0 Å². The van der Waals surface area contributed by atoms with Crippen LogP contribution in [-0.4, -0.2) is 34.5 Å². The molecule has 0 aliphatic carbocycles. The molecule has 0 aliphatic heterocycles. The highest BCUT2D eigenvalue weighted by Gasteiger charge is 2.04. The number of nitrogens with zero attached hydrogens (tertiary/aromatic N) is 1. The lowest BCUT2D eigenvalue weighted by molar-refractivity contribution is 0.0536. The van der Waals surface area contributed by atoms with E-state index in [4.69, 9.17) is 26.6 Å². The van der Waals surface area contributed by atoms with Gasteiger partial charge in [0.15, 0.2) is 0 Å². The SMILES string of the molecule is OC[C@H](O)COc1ccc2ccc(Cl)nc2c1. The van der Waals surface area contributed by atoms with Gasteiger partial charge in [0, 0.05) is 11.5 Å². The number of aliphatic hydroxyl groups excluding tert-OH is 2. The molecule has 1 atom stereocenters. The van der Waals surface area contributed by atoms with Crippen molar-refractivity contribution >= 4 is 22.5 Å². The molecule has 0 saturated carbocycles. The molecule has 0 saturated heterocycles. The number of ether oxygens (including phenoxy) is 1. The van der Waals surface area contributed by atoms with Crippen LogP contribution in [0.2, 0.25) is 5.15 Å². The monoisotopic (exact) mass is 253 g/mol. The quantitative estimate of drug-likeness (QED) is 0.813. The summed E-state index contributed by atoms with van der Waals surface area (Å²) in [5, 5.41) is 19.2. The molecule has 0 fully saturated rings. The zero-order chi connectivity index (χ0) is 12.3. The molecule has 5 heteroatoms. The van der Waals surface area contributed by atoms with Gasteiger partial charge in [0.05, 0.1) is 12.1 Å². The summed E-state index contributed by atoms with van der Waals surface area (Å²) in [5.41, 5.74) is 0.730. The van der Waals surface area contributed by atoms with E-state index < -0.39 is 6.10 Å². The van der Waals surface area contributed by atoms with E-state index in [1.165, 1.54) is 0 Å². The van der Waals surface area contributed by atoms with Crippen molar-refractivity contribution in [3.8, 4) is 5.75 Å². The minimum atomic E-state index is -0.877. The number of rotatable bonds is 4. The summed E-state index contributed by atoms with van der Waals surface area (Å²) >= 11 is 5.80. The van der Waals surface area contributed by atoms with Gasteiger partial charge in [-0.2, -0.15) is 0 Å². The van der Waals surface area contributed by atoms with Crippen LogP contribution in [-0.2, 0) is 0 Å². The first-order valence-corrected chi connectivity index (χ1v) is 5.55. The Balaban J connectivity index is 2.19. The number of hydrogen-bond donors (Lipinski definition) is 2. The lowest BCUT2D eigenvalue weighted by Gasteiger charge is -2.10. The Morgan fingerprint density at radius 3 is 2.82 bits per heavy atom. The third-order valence-corrected chi connectivity index (χ3v) is 2.49. The fraction of sp³-hybridized carbons (Fsp3) is 0.250. The summed E-state index contributed by atoms with van der Waals surface area (Å²) < 4.78 is 5.31. The molecule has 0 unspecified atom stereocenters. The first-order valence-electron chi connectivity index (χ1n) is 5.17. The molecule has 2 aromatic rings. The van der Waals surface area contributed by atoms with Crippen molar-refractivity contribution < 1.29 is 14.9 Å². The third kappa shape index (κ3) is 3.06. The normalized spacial score (nSPS) is 12.6. The number of hydrogen-bond acceptors (Lipinski definition) is 4. The second kappa shape index (κ2) is 5.31. The van der Waals surface area contributed by atoms with Crippen molar-refractivity contribution in [2.45, 2.75) is 6.10 Å². The maximum Gasteiger partial charge on any atom is 0.129 e. The Morgan fingerprint density at radius 2 is 2.06 bits per heavy atom. The van der Waals surface area contributed by atoms with E-state index in [0.29, 0.717) is 10.9 Å². The maximum atomic E-state index is 9.16. The second-order valence-corrected chi connectivity index (χ2v) is 4.02. The fourth-order valence-corrected chi connectivity index (χ4v) is 1.56. The van der Waals surface area contributed by atoms with Crippen molar-refractivity contribution in [3.63, 3.8) is 0 Å². The summed E-state index contributed by atoms with van der Waals surface area (Å²) in [4.78, 5) is 4.16. The van der Waals surface area contributed by atoms with Gasteiger partial charge < -0.3 is 14.9 Å². The van der Waals surface area contributed by atoms with Gasteiger partial charge in [-0.15, -0.1) is 0 Å². The van der Waals surface area contributed by atoms with E-state index in [1.54, 1.807) is 18.2 Å². The molecule has 0 bridgehead atoms. The molecule has 0 spiro atoms. The first kappa shape index (κ1) is 12.1. The highest BCUT2D eigenvalue weighted by Crippen LogP contribution is 2.21. The minimum Gasteiger partial charge on any atom is -0.491 e. The summed E-state index contributed by atoms with van der Waals surface area (Å²) in [6.45, 7) is -0.278. The van der Waals surface area contributed by atoms with Crippen molar-refractivity contribution in [1.29, 1.82) is 0 Å². The number of aliphatic hydroxyl groups is 2. The van der Waals surface area contributed by atoms with Crippen LogP contribution in [0.3, 0.4) is 0 Å². The minimum absolute atomic E-state index is 0.0442. The van der Waals surface area contributed by atoms with Gasteiger partial charge in [-0.3, -0.25) is 0 Å². The van der Waals surface area contributed by atoms with E-state index in [1.807, 2.05) is 12.1 Å². The molecule has 2 N–H and O–H groups in total. The van der Waals surface area contributed by atoms with Gasteiger partial charge in [-0.1, -0.05) is 11.6 Å². The van der Waals surface area contributed by atoms with Crippen molar-refractivity contribution in [1.82, 2.24) is 4.98 Å². The smallest absolute Gasteiger partial charge is 0.129 e. The highest BCUT2D eigenvalue weighted by molar-refractivity contribution is 6.29. The van der Waals surface area contributed by atoms with Crippen LogP contribution >= 0.6 is 11.6 Å². The van der Waals surface area contributed by atoms with Crippen molar-refractivity contribution in [2.75, 3.05) is 13.2 Å². The van der Waals surface area contributed by atoms with Gasteiger partial charge >= 0.3 is 0 Å². The number of aromatic nitrogens is 1. The molecule has 2 rings (SSSR count). The van der Waals surface area contributed by atoms with Crippen LogP contribution in [0.1, 0.15) is 0 Å². The lowest BCUT2D eigenvalue weighted by Crippen LogP contribution is -2.21. The standard InChI is InChI=1S/C12H12ClNO3/c13-12-4-2-8-1-3-10(5-11(8)14-12)17-7-9(16)6-15/h1-5,9,15-16H,6-7H2/t9-/m0/s1. The molecule has 1 aromatic carbocycles. The van der Waals surface area contributed by atoms with Crippen LogP contribution in [0.15, 0.2) is 30.3 Å². The topological polar surface area (TPSA) is 62.6 Å². The van der Waals surface area contributed by atoms with E-state index >= 15 is 0 Å². The van der Waals surface area contributed by atoms with Crippen LogP contribution in [0.25, 0.3) is 10.9 Å². The fourth-order valence-electron chi connectivity index (χ4n) is 1.41. The number of halogens is 1. The van der Waals surface area contributed by atoms with Gasteiger partial charge in [0.1, 0.15) is 23.6 Å². The van der Waals surface area contributed by atoms with Crippen molar-refractivity contribution in [3.05, 3.63) is 35.5 Å². The molecule has 0 radical (unpaired) electrons. The first-order chi connectivity index (χ1) is 8.19. The summed E-state index contributed by atoms with van der Waals surface area (Å²) in [6, 6.07) is 8.98. The molecule has 0 amide bonds.